The molecule has 0 aliphatic carbocycles. The Labute approximate surface area is 200 Å². The van der Waals surface area contributed by atoms with Gasteiger partial charge in [0.15, 0.2) is 0 Å². The van der Waals surface area contributed by atoms with Gasteiger partial charge in [-0.25, -0.2) is 23.4 Å². The van der Waals surface area contributed by atoms with Crippen LogP contribution in [0.5, 0.6) is 0 Å². The Kier molecular flexibility index (Phi) is 6.28. The van der Waals surface area contributed by atoms with E-state index < -0.39 is 0 Å². The Bertz CT molecular complexity index is 1380. The van der Waals surface area contributed by atoms with Crippen LogP contribution in [-0.2, 0) is 18.3 Å². The van der Waals surface area contributed by atoms with Gasteiger partial charge in [-0.15, -0.1) is 0 Å². The van der Waals surface area contributed by atoms with Crippen molar-refractivity contribution in [3.05, 3.63) is 88.3 Å². The molecule has 1 aliphatic heterocycles. The van der Waals surface area contributed by atoms with Crippen LogP contribution in [0.1, 0.15) is 5.56 Å². The van der Waals surface area contributed by atoms with Gasteiger partial charge in [0.05, 0.1) is 37.6 Å². The fourth-order valence-corrected chi connectivity index (χ4v) is 4.14. The molecule has 1 aliphatic rings. The molecule has 3 heterocycles. The molecule has 0 radical (unpaired) electrons. The summed E-state index contributed by atoms with van der Waals surface area (Å²) in [5.41, 5.74) is 2.77. The highest BCUT2D eigenvalue weighted by Gasteiger charge is 2.26. The van der Waals surface area contributed by atoms with Gasteiger partial charge in [0.1, 0.15) is 17.3 Å². The fourth-order valence-electron chi connectivity index (χ4n) is 4.14. The van der Waals surface area contributed by atoms with Crippen molar-refractivity contribution < 1.29 is 13.5 Å². The van der Waals surface area contributed by atoms with Gasteiger partial charge >= 0.3 is 0 Å². The number of rotatable bonds is 6. The first-order chi connectivity index (χ1) is 17.0. The molecule has 1 fully saturated rings. The topological polar surface area (TPSA) is 77.2 Å². The summed E-state index contributed by atoms with van der Waals surface area (Å²) < 4.78 is 33.9. The lowest BCUT2D eigenvalue weighted by atomic mass is 10.0. The third-order valence-corrected chi connectivity index (χ3v) is 5.88. The number of anilines is 1. The van der Waals surface area contributed by atoms with Gasteiger partial charge in [-0.1, -0.05) is 24.3 Å². The van der Waals surface area contributed by atoms with Crippen LogP contribution in [-0.4, -0.2) is 45.7 Å². The molecular weight excluding hydrogens is 454 g/mol. The second-order valence-electron chi connectivity index (χ2n) is 8.16. The van der Waals surface area contributed by atoms with Crippen molar-refractivity contribution in [2.24, 2.45) is 7.05 Å². The van der Waals surface area contributed by atoms with E-state index in [9.17, 15) is 13.6 Å². The second-order valence-corrected chi connectivity index (χ2v) is 8.16. The van der Waals surface area contributed by atoms with Crippen LogP contribution in [0.4, 0.5) is 14.7 Å². The summed E-state index contributed by atoms with van der Waals surface area (Å²) in [5.74, 6) is -0.318. The zero-order valence-electron chi connectivity index (χ0n) is 19.1. The summed E-state index contributed by atoms with van der Waals surface area (Å²) in [6.45, 7) is 2.66. The van der Waals surface area contributed by atoms with Gasteiger partial charge < -0.3 is 10.1 Å². The fraction of sp³-hybridized carbons (Fsp3) is 0.240. The molecule has 2 aromatic heterocycles. The molecular formula is C25H24F2N6O2. The molecule has 1 N–H and O–H groups in total. The quantitative estimate of drug-likeness (QED) is 0.459. The molecule has 0 amide bonds. The van der Waals surface area contributed by atoms with Crippen LogP contribution >= 0.6 is 0 Å². The van der Waals surface area contributed by atoms with Crippen molar-refractivity contribution in [3.63, 3.8) is 0 Å². The summed E-state index contributed by atoms with van der Waals surface area (Å²) in [6.07, 6.45) is 1.62. The Hall–Kier alpha value is -4.05. The number of benzene rings is 2. The lowest BCUT2D eigenvalue weighted by Crippen LogP contribution is -2.47. The summed E-state index contributed by atoms with van der Waals surface area (Å²) >= 11 is 0. The van der Waals surface area contributed by atoms with Gasteiger partial charge in [-0.2, -0.15) is 4.79 Å². The zero-order valence-corrected chi connectivity index (χ0v) is 19.1. The predicted molar refractivity (Wildman–Crippen MR) is 129 cm³/mol. The number of nitrogens with zero attached hydrogens (tertiary/aromatic N) is 5. The maximum Gasteiger partial charge on any atom is 0.276 e. The molecule has 180 valence electrons. The van der Waals surface area contributed by atoms with E-state index in [0.29, 0.717) is 61.3 Å². The van der Waals surface area contributed by atoms with E-state index in [2.05, 4.69) is 15.3 Å². The summed E-state index contributed by atoms with van der Waals surface area (Å²) in [4.78, 5) is 24.2. The van der Waals surface area contributed by atoms with Crippen LogP contribution in [0.2, 0.25) is 0 Å². The van der Waals surface area contributed by atoms with Crippen LogP contribution in [0, 0.1) is 11.6 Å². The Morgan fingerprint density at radius 3 is 2.31 bits per heavy atom. The SMILES string of the molecule is Cn1c(=O)c(-c2ccc(F)cc2)c(-c2ccnc(NCc3ccc(F)cc3)n2)n1N1CCOCC1. The van der Waals surface area contributed by atoms with Crippen LogP contribution in [0.15, 0.2) is 65.6 Å². The molecule has 35 heavy (non-hydrogen) atoms. The van der Waals surface area contributed by atoms with E-state index in [4.69, 9.17) is 4.74 Å². The summed E-state index contributed by atoms with van der Waals surface area (Å²) in [7, 11) is 1.70. The number of nitrogens with one attached hydrogen (secondary N) is 1. The molecule has 1 saturated heterocycles. The van der Waals surface area contributed by atoms with Crippen LogP contribution in [0.3, 0.4) is 0 Å². The molecule has 10 heteroatoms. The highest BCUT2D eigenvalue weighted by Crippen LogP contribution is 2.30. The van der Waals surface area contributed by atoms with Crippen molar-refractivity contribution in [2.75, 3.05) is 36.6 Å². The van der Waals surface area contributed by atoms with Crippen LogP contribution in [0.25, 0.3) is 22.5 Å². The first-order valence-corrected chi connectivity index (χ1v) is 11.2. The minimum atomic E-state index is -0.381. The average Bonchev–Trinajstić information content (AvgIpc) is 3.15. The van der Waals surface area contributed by atoms with Crippen LogP contribution < -0.4 is 15.9 Å². The Balaban J connectivity index is 1.59. The molecule has 0 bridgehead atoms. The van der Waals surface area contributed by atoms with E-state index >= 15 is 0 Å². The highest BCUT2D eigenvalue weighted by molar-refractivity contribution is 5.79. The van der Waals surface area contributed by atoms with Gasteiger partial charge in [-0.3, -0.25) is 9.80 Å². The van der Waals surface area contributed by atoms with Gasteiger partial charge in [-0.05, 0) is 41.5 Å². The number of ether oxygens (including phenoxy) is 1. The lowest BCUT2D eigenvalue weighted by Gasteiger charge is -2.32. The minimum absolute atomic E-state index is 0.225. The number of halogens is 2. The number of hydrogen-bond acceptors (Lipinski definition) is 6. The molecule has 8 nitrogen and oxygen atoms in total. The average molecular weight is 479 g/mol. The first kappa shape index (κ1) is 22.7. The van der Waals surface area contributed by atoms with Crippen molar-refractivity contribution in [2.45, 2.75) is 6.54 Å². The Morgan fingerprint density at radius 2 is 1.63 bits per heavy atom. The molecule has 0 unspecified atom stereocenters. The van der Waals surface area contributed by atoms with Crippen molar-refractivity contribution in [3.8, 4) is 22.5 Å². The minimum Gasteiger partial charge on any atom is -0.378 e. The largest absolute Gasteiger partial charge is 0.378 e. The van der Waals surface area contributed by atoms with Gasteiger partial charge in [0.2, 0.25) is 5.95 Å². The smallest absolute Gasteiger partial charge is 0.276 e. The van der Waals surface area contributed by atoms with E-state index in [-0.39, 0.29) is 17.2 Å². The standard InChI is InChI=1S/C25H24F2N6O2/c1-31-24(34)22(18-4-8-20(27)9-5-18)23(33(31)32-12-14-35-15-13-32)21-10-11-28-25(30-21)29-16-17-2-6-19(26)7-3-17/h2-11H,12-16H2,1H3,(H,28,29,30). The maximum atomic E-state index is 13.6. The molecule has 2 aromatic carbocycles. The zero-order chi connectivity index (χ0) is 24.4. The molecule has 0 atom stereocenters. The third-order valence-electron chi connectivity index (χ3n) is 5.88. The van der Waals surface area contributed by atoms with E-state index in [1.54, 1.807) is 43.6 Å². The van der Waals surface area contributed by atoms with Crippen molar-refractivity contribution in [1.82, 2.24) is 19.4 Å². The van der Waals surface area contributed by atoms with Crippen molar-refractivity contribution >= 4 is 5.95 Å². The predicted octanol–water partition coefficient (Wildman–Crippen LogP) is 3.17. The van der Waals surface area contributed by atoms with E-state index in [1.807, 2.05) is 9.80 Å². The normalized spacial score (nSPS) is 13.7. The maximum absolute atomic E-state index is 13.6. The number of morpholine rings is 1. The molecule has 4 aromatic rings. The van der Waals surface area contributed by atoms with Gasteiger partial charge in [0, 0.05) is 19.8 Å². The molecule has 0 spiro atoms. The van der Waals surface area contributed by atoms with E-state index in [0.717, 1.165) is 5.56 Å². The molecule has 5 rings (SSSR count). The van der Waals surface area contributed by atoms with Gasteiger partial charge in [0.25, 0.3) is 5.56 Å². The lowest BCUT2D eigenvalue weighted by molar-refractivity contribution is 0.107. The number of hydrogen-bond donors (Lipinski definition) is 1. The Morgan fingerprint density at radius 1 is 0.971 bits per heavy atom. The number of aromatic nitrogens is 4. The second kappa shape index (κ2) is 9.67. The summed E-state index contributed by atoms with van der Waals surface area (Å²) in [6, 6.07) is 13.8. The molecule has 0 saturated carbocycles. The first-order valence-electron chi connectivity index (χ1n) is 11.2. The highest BCUT2D eigenvalue weighted by atomic mass is 19.1. The summed E-state index contributed by atoms with van der Waals surface area (Å²) in [5, 5.41) is 5.18. The van der Waals surface area contributed by atoms with Crippen molar-refractivity contribution in [1.29, 1.82) is 0 Å². The van der Waals surface area contributed by atoms with E-state index in [1.165, 1.54) is 28.9 Å². The monoisotopic (exact) mass is 478 g/mol. The third kappa shape index (κ3) is 4.65.